The van der Waals surface area contributed by atoms with E-state index >= 15 is 0 Å². The topological polar surface area (TPSA) is 101 Å². The molecule has 0 atom stereocenters. The number of aromatic nitrogens is 2. The second-order valence-electron chi connectivity index (χ2n) is 6.18. The first kappa shape index (κ1) is 24.3. The lowest BCUT2D eigenvalue weighted by Crippen LogP contribution is -2.38. The van der Waals surface area contributed by atoms with Crippen molar-refractivity contribution in [1.29, 1.82) is 0 Å². The van der Waals surface area contributed by atoms with E-state index in [9.17, 15) is 21.6 Å². The highest BCUT2D eigenvalue weighted by Crippen LogP contribution is 2.25. The van der Waals surface area contributed by atoms with Gasteiger partial charge in [-0.1, -0.05) is 29.8 Å². The smallest absolute Gasteiger partial charge is 0.279 e. The monoisotopic (exact) mass is 488 g/mol. The number of hydrogen-bond acceptors (Lipinski definition) is 4. The number of aryl methyl sites for hydroxylation is 1. The van der Waals surface area contributed by atoms with Crippen molar-refractivity contribution in [3.05, 3.63) is 59.6 Å². The minimum absolute atomic E-state index is 0.377. The molecule has 0 aliphatic carbocycles. The number of halogens is 4. The molecule has 0 saturated heterocycles. The van der Waals surface area contributed by atoms with E-state index in [1.807, 2.05) is 30.3 Å². The van der Waals surface area contributed by atoms with Gasteiger partial charge in [0.2, 0.25) is 0 Å². The fourth-order valence-corrected chi connectivity index (χ4v) is 3.94. The Morgan fingerprint density at radius 1 is 1.13 bits per heavy atom. The molecule has 1 aromatic heterocycles. The number of imidazole rings is 1. The first-order valence-electron chi connectivity index (χ1n) is 8.24. The second-order valence-corrected chi connectivity index (χ2v) is 9.87. The summed E-state index contributed by atoms with van der Waals surface area (Å²) < 4.78 is 87.0. The van der Waals surface area contributed by atoms with Gasteiger partial charge in [-0.2, -0.15) is 34.3 Å². The molecule has 0 saturated carbocycles. The minimum atomic E-state index is -5.84. The number of alkyl halides is 3. The average molecular weight is 489 g/mol. The van der Waals surface area contributed by atoms with Crippen LogP contribution in [0, 0.1) is 0 Å². The molecule has 2 aromatic rings. The van der Waals surface area contributed by atoms with Crippen LogP contribution in [0.4, 0.5) is 13.2 Å². The quantitative estimate of drug-likeness (QED) is 0.406. The van der Waals surface area contributed by atoms with Gasteiger partial charge in [0.15, 0.2) is 0 Å². The van der Waals surface area contributed by atoms with Crippen LogP contribution >= 0.6 is 11.6 Å². The Hall–Kier alpha value is -1.93. The molecular formula is C16H18ClF3N3O5S2+. The molecule has 0 bridgehead atoms. The van der Waals surface area contributed by atoms with Gasteiger partial charge in [0.1, 0.15) is 12.4 Å². The van der Waals surface area contributed by atoms with Crippen molar-refractivity contribution in [3.8, 4) is 0 Å². The van der Waals surface area contributed by atoms with E-state index in [1.165, 1.54) is 8.28 Å². The van der Waals surface area contributed by atoms with Gasteiger partial charge < -0.3 is 0 Å². The highest BCUT2D eigenvalue weighted by atomic mass is 35.5. The van der Waals surface area contributed by atoms with Gasteiger partial charge in [0.25, 0.3) is 6.33 Å². The van der Waals surface area contributed by atoms with E-state index in [4.69, 9.17) is 24.6 Å². The summed E-state index contributed by atoms with van der Waals surface area (Å²) in [6.07, 6.45) is 7.46. The molecule has 0 radical (unpaired) electrons. The molecular weight excluding hydrogens is 471 g/mol. The predicted molar refractivity (Wildman–Crippen MR) is 103 cm³/mol. The number of hydrogen-bond donors (Lipinski definition) is 1. The Balaban J connectivity index is 0.000000343. The van der Waals surface area contributed by atoms with Crippen LogP contribution in [-0.4, -0.2) is 48.3 Å². The minimum Gasteiger partial charge on any atom is -0.279 e. The molecule has 0 spiro atoms. The Morgan fingerprint density at radius 2 is 1.70 bits per heavy atom. The predicted octanol–water partition coefficient (Wildman–Crippen LogP) is 2.24. The van der Waals surface area contributed by atoms with Crippen molar-refractivity contribution in [2.24, 2.45) is 7.05 Å². The summed E-state index contributed by atoms with van der Waals surface area (Å²) in [5.41, 5.74) is -3.29. The molecule has 0 fully saturated rings. The highest BCUT2D eigenvalue weighted by Gasteiger charge is 2.44. The zero-order valence-corrected chi connectivity index (χ0v) is 17.9. The molecule has 1 N–H and O–H groups in total. The molecule has 2 heterocycles. The van der Waals surface area contributed by atoms with Crippen molar-refractivity contribution < 1.29 is 39.1 Å². The molecule has 0 amide bonds. The van der Waals surface area contributed by atoms with Gasteiger partial charge in [0, 0.05) is 18.1 Å². The van der Waals surface area contributed by atoms with Crippen molar-refractivity contribution in [3.63, 3.8) is 0 Å². The number of nitrogens with zero attached hydrogens (tertiary/aromatic N) is 3. The maximum absolute atomic E-state index is 12.5. The van der Waals surface area contributed by atoms with Crippen LogP contribution in [-0.2, 0) is 27.4 Å². The maximum atomic E-state index is 12.5. The van der Waals surface area contributed by atoms with E-state index in [0.717, 1.165) is 11.1 Å². The summed E-state index contributed by atoms with van der Waals surface area (Å²) >= 11 is 5.89. The van der Waals surface area contributed by atoms with Gasteiger partial charge in [-0.3, -0.25) is 4.55 Å². The summed E-state index contributed by atoms with van der Waals surface area (Å²) in [4.78, 5) is 0. The Kier molecular flexibility index (Phi) is 7.35. The first-order chi connectivity index (χ1) is 13.7. The average Bonchev–Trinajstić information content (AvgIpc) is 3.09. The fourth-order valence-electron chi connectivity index (χ4n) is 2.48. The third kappa shape index (κ3) is 6.04. The van der Waals surface area contributed by atoms with E-state index < -0.39 is 25.8 Å². The maximum Gasteiger partial charge on any atom is 0.522 e. The molecule has 3 rings (SSSR count). The van der Waals surface area contributed by atoms with Crippen LogP contribution in [0.2, 0.25) is 5.02 Å². The van der Waals surface area contributed by atoms with Crippen molar-refractivity contribution in [1.82, 2.24) is 8.28 Å². The molecule has 30 heavy (non-hydrogen) atoms. The Labute approximate surface area is 176 Å². The molecule has 0 unspecified atom stereocenters. The van der Waals surface area contributed by atoms with Gasteiger partial charge in [-0.15, -0.1) is 3.97 Å². The van der Waals surface area contributed by atoms with Crippen LogP contribution in [0.5, 0.6) is 0 Å². The normalized spacial score (nSPS) is 15.9. The van der Waals surface area contributed by atoms with E-state index in [1.54, 1.807) is 30.3 Å². The summed E-state index contributed by atoms with van der Waals surface area (Å²) in [5, 5.41) is 0.699. The summed E-state index contributed by atoms with van der Waals surface area (Å²) in [5.74, 6) is 0. The van der Waals surface area contributed by atoms with Gasteiger partial charge in [0.05, 0.1) is 7.05 Å². The van der Waals surface area contributed by atoms with E-state index in [0.29, 0.717) is 24.5 Å². The molecule has 1 aliphatic rings. The summed E-state index contributed by atoms with van der Waals surface area (Å²) in [7, 11) is -7.54. The third-order valence-electron chi connectivity index (χ3n) is 4.02. The van der Waals surface area contributed by atoms with Crippen LogP contribution in [0.25, 0.3) is 5.57 Å². The fraction of sp³-hybridized carbons (Fsp3) is 0.312. The van der Waals surface area contributed by atoms with Crippen LogP contribution in [0.1, 0.15) is 12.0 Å². The molecule has 8 nitrogen and oxygen atoms in total. The number of benzene rings is 1. The molecule has 1 aliphatic heterocycles. The largest absolute Gasteiger partial charge is 0.522 e. The van der Waals surface area contributed by atoms with Gasteiger partial charge in [-0.25, -0.2) is 4.57 Å². The van der Waals surface area contributed by atoms with E-state index in [-0.39, 0.29) is 0 Å². The Morgan fingerprint density at radius 3 is 2.10 bits per heavy atom. The lowest BCUT2D eigenvalue weighted by molar-refractivity contribution is -0.670. The highest BCUT2D eigenvalue weighted by molar-refractivity contribution is 7.87. The zero-order chi connectivity index (χ0) is 22.7. The molecule has 14 heteroatoms. The van der Waals surface area contributed by atoms with Crippen LogP contribution in [0.3, 0.4) is 0 Å². The third-order valence-corrected chi connectivity index (χ3v) is 6.59. The van der Waals surface area contributed by atoms with E-state index in [2.05, 4.69) is 0 Å². The SMILES string of the molecule is C[n+]1ccn(S(=O)(=O)N2CC=C(c3ccc(Cl)cc3)CC2)c1.O=S(=O)(O)C(F)(F)F. The van der Waals surface area contributed by atoms with Crippen molar-refractivity contribution in [2.45, 2.75) is 11.9 Å². The first-order valence-corrected chi connectivity index (χ1v) is 11.5. The van der Waals surface area contributed by atoms with Crippen LogP contribution in [0.15, 0.2) is 49.1 Å². The molecule has 166 valence electrons. The summed E-state index contributed by atoms with van der Waals surface area (Å²) in [6.45, 7) is 0.848. The van der Waals surface area contributed by atoms with Crippen molar-refractivity contribution >= 4 is 37.5 Å². The second kappa shape index (κ2) is 9.06. The standard InChI is InChI=1S/C15H17ClN3O2S.CHF3O3S/c1-17-10-11-19(12-17)22(20,21)18-8-6-14(7-9-18)13-2-4-15(16)5-3-13;2-1(3,4)8(5,6)7/h2-6,10-12H,7-9H2,1H3;(H,5,6,7)/q+1;. The molecule has 1 aromatic carbocycles. The Bertz CT molecular complexity index is 1130. The van der Waals surface area contributed by atoms with Gasteiger partial charge in [-0.05, 0) is 29.7 Å². The van der Waals surface area contributed by atoms with Crippen LogP contribution < -0.4 is 4.57 Å². The number of rotatable bonds is 3. The van der Waals surface area contributed by atoms with Crippen molar-refractivity contribution in [2.75, 3.05) is 13.1 Å². The summed E-state index contributed by atoms with van der Waals surface area (Å²) in [6, 6.07) is 7.62. The lowest BCUT2D eigenvalue weighted by atomic mass is 10.0. The van der Waals surface area contributed by atoms with Gasteiger partial charge >= 0.3 is 25.8 Å². The lowest BCUT2D eigenvalue weighted by Gasteiger charge is -2.23. The zero-order valence-electron chi connectivity index (χ0n) is 15.5.